The summed E-state index contributed by atoms with van der Waals surface area (Å²) in [5.41, 5.74) is 3.41. The Morgan fingerprint density at radius 1 is 1.11 bits per heavy atom. The molecule has 0 aliphatic heterocycles. The second-order valence-electron chi connectivity index (χ2n) is 8.90. The average molecular weight is 546 g/mol. The van der Waals surface area contributed by atoms with E-state index in [1.165, 1.54) is 30.5 Å². The van der Waals surface area contributed by atoms with E-state index in [9.17, 15) is 35.9 Å². The van der Waals surface area contributed by atoms with Gasteiger partial charge in [0.05, 0.1) is 17.8 Å². The van der Waals surface area contributed by atoms with Crippen LogP contribution >= 0.6 is 0 Å². The zero-order valence-electron chi connectivity index (χ0n) is 20.5. The van der Waals surface area contributed by atoms with Crippen LogP contribution in [0.15, 0.2) is 24.4 Å². The number of nitrogens with zero attached hydrogens (tertiary/aromatic N) is 2. The van der Waals surface area contributed by atoms with Gasteiger partial charge in [-0.25, -0.2) is 22.9 Å². The number of carbonyl (C=O) groups excluding carboxylic acids is 2. The molecule has 38 heavy (non-hydrogen) atoms. The summed E-state index contributed by atoms with van der Waals surface area (Å²) < 4.78 is 91.5. The summed E-state index contributed by atoms with van der Waals surface area (Å²) in [6.07, 6.45) is -6.26. The maximum atomic E-state index is 14.0. The Morgan fingerprint density at radius 2 is 1.76 bits per heavy atom. The van der Waals surface area contributed by atoms with Crippen LogP contribution in [-0.4, -0.2) is 39.7 Å². The van der Waals surface area contributed by atoms with Gasteiger partial charge < -0.3 is 20.5 Å². The second kappa shape index (κ2) is 10.8. The highest BCUT2D eigenvalue weighted by atomic mass is 19.4. The SMILES string of the molecule is Cc1cc(OCc2c(F)ccc(F)c2F)c2nc(C)c(C(=O)NCC(C)(CCC(F)(F)F)OC(N)=O)n2c1. The number of pyridine rings is 1. The molecule has 2 heterocycles. The van der Waals surface area contributed by atoms with Crippen molar-refractivity contribution in [1.82, 2.24) is 14.7 Å². The summed E-state index contributed by atoms with van der Waals surface area (Å²) >= 11 is 0. The Balaban J connectivity index is 1.87. The van der Waals surface area contributed by atoms with Crippen LogP contribution in [0.5, 0.6) is 5.75 Å². The van der Waals surface area contributed by atoms with Crippen molar-refractivity contribution in [2.45, 2.75) is 52.0 Å². The summed E-state index contributed by atoms with van der Waals surface area (Å²) in [7, 11) is 0. The van der Waals surface area contributed by atoms with E-state index in [2.05, 4.69) is 10.3 Å². The fraction of sp³-hybridized carbons (Fsp3) is 0.375. The number of hydrogen-bond acceptors (Lipinski definition) is 5. The van der Waals surface area contributed by atoms with E-state index in [1.807, 2.05) is 0 Å². The van der Waals surface area contributed by atoms with Gasteiger partial charge in [-0.2, -0.15) is 13.2 Å². The van der Waals surface area contributed by atoms with E-state index in [-0.39, 0.29) is 22.8 Å². The number of benzene rings is 1. The van der Waals surface area contributed by atoms with Crippen LogP contribution in [-0.2, 0) is 11.3 Å². The maximum absolute atomic E-state index is 14.0. The molecule has 14 heteroatoms. The summed E-state index contributed by atoms with van der Waals surface area (Å²) in [5, 5.41) is 2.44. The monoisotopic (exact) mass is 546 g/mol. The molecule has 0 bridgehead atoms. The Hall–Kier alpha value is -3.97. The van der Waals surface area contributed by atoms with Gasteiger partial charge >= 0.3 is 12.3 Å². The van der Waals surface area contributed by atoms with E-state index >= 15 is 0 Å². The van der Waals surface area contributed by atoms with Crippen molar-refractivity contribution in [1.29, 1.82) is 0 Å². The molecule has 2 aromatic heterocycles. The molecule has 0 spiro atoms. The summed E-state index contributed by atoms with van der Waals surface area (Å²) in [5.74, 6) is -4.40. The first-order chi connectivity index (χ1) is 17.6. The first-order valence-corrected chi connectivity index (χ1v) is 11.2. The number of carbonyl (C=O) groups is 2. The van der Waals surface area contributed by atoms with Gasteiger partial charge in [0.2, 0.25) is 0 Å². The van der Waals surface area contributed by atoms with Crippen LogP contribution in [0.25, 0.3) is 5.65 Å². The predicted octanol–water partition coefficient (Wildman–Crippen LogP) is 4.87. The number of nitrogens with two attached hydrogens (primary N) is 1. The number of nitrogens with one attached hydrogen (secondary N) is 1. The van der Waals surface area contributed by atoms with Crippen molar-refractivity contribution in [2.24, 2.45) is 5.73 Å². The van der Waals surface area contributed by atoms with Gasteiger partial charge in [-0.1, -0.05) is 0 Å². The molecule has 0 saturated heterocycles. The quantitative estimate of drug-likeness (QED) is 0.294. The number of imidazole rings is 1. The molecule has 1 aromatic carbocycles. The van der Waals surface area contributed by atoms with Gasteiger partial charge in [-0.05, 0) is 51.0 Å². The molecule has 0 aliphatic rings. The standard InChI is InChI=1S/C24H24F6N4O4/c1-12-8-17(37-10-14-15(25)4-5-16(26)18(14)27)20-33-13(2)19(34(20)9-12)21(35)32-11-23(3,38-22(31)36)6-7-24(28,29)30/h4-5,8-9H,6-7,10-11H2,1-3H3,(H2,31,36)(H,32,35). The largest absolute Gasteiger partial charge is 0.485 e. The highest BCUT2D eigenvalue weighted by molar-refractivity contribution is 5.95. The van der Waals surface area contributed by atoms with E-state index in [1.54, 1.807) is 6.92 Å². The van der Waals surface area contributed by atoms with Crippen molar-refractivity contribution < 1.29 is 45.4 Å². The molecule has 0 fully saturated rings. The highest BCUT2D eigenvalue weighted by Crippen LogP contribution is 2.29. The highest BCUT2D eigenvalue weighted by Gasteiger charge is 2.36. The number of aromatic nitrogens is 2. The van der Waals surface area contributed by atoms with E-state index < -0.39 is 72.8 Å². The minimum atomic E-state index is -4.53. The first kappa shape index (κ1) is 28.6. The van der Waals surface area contributed by atoms with Crippen molar-refractivity contribution in [2.75, 3.05) is 6.54 Å². The van der Waals surface area contributed by atoms with Crippen LogP contribution in [0.1, 0.15) is 47.1 Å². The summed E-state index contributed by atoms with van der Waals surface area (Å²) in [6.45, 7) is 3.15. The minimum Gasteiger partial charge on any atom is -0.485 e. The number of fused-ring (bicyclic) bond motifs is 1. The van der Waals surface area contributed by atoms with Crippen LogP contribution in [0.2, 0.25) is 0 Å². The Kier molecular flexibility index (Phi) is 8.12. The molecule has 1 atom stereocenters. The lowest BCUT2D eigenvalue weighted by Crippen LogP contribution is -2.46. The zero-order chi connectivity index (χ0) is 28.4. The van der Waals surface area contributed by atoms with E-state index in [0.29, 0.717) is 11.6 Å². The fourth-order valence-corrected chi connectivity index (χ4v) is 3.76. The van der Waals surface area contributed by atoms with Gasteiger partial charge in [0.25, 0.3) is 5.91 Å². The summed E-state index contributed by atoms with van der Waals surface area (Å²) in [6, 6.07) is 2.90. The molecular formula is C24H24F6N4O4. The number of amides is 2. The molecule has 1 unspecified atom stereocenters. The van der Waals surface area contributed by atoms with Gasteiger partial charge in [0, 0.05) is 12.6 Å². The number of aryl methyl sites for hydroxylation is 2. The Morgan fingerprint density at radius 3 is 2.39 bits per heavy atom. The van der Waals surface area contributed by atoms with Crippen molar-refractivity contribution in [3.63, 3.8) is 0 Å². The number of hydrogen-bond donors (Lipinski definition) is 2. The predicted molar refractivity (Wildman–Crippen MR) is 122 cm³/mol. The third-order valence-corrected chi connectivity index (χ3v) is 5.63. The third-order valence-electron chi connectivity index (χ3n) is 5.63. The van der Waals surface area contributed by atoms with Crippen LogP contribution in [0.3, 0.4) is 0 Å². The smallest absolute Gasteiger partial charge is 0.405 e. The molecule has 3 rings (SSSR count). The van der Waals surface area contributed by atoms with Gasteiger partial charge in [-0.3, -0.25) is 9.20 Å². The van der Waals surface area contributed by atoms with Gasteiger partial charge in [0.15, 0.2) is 23.0 Å². The Labute approximate surface area is 212 Å². The van der Waals surface area contributed by atoms with E-state index in [4.69, 9.17) is 15.2 Å². The molecule has 206 valence electrons. The molecular weight excluding hydrogens is 522 g/mol. The van der Waals surface area contributed by atoms with Crippen molar-refractivity contribution in [3.8, 4) is 5.75 Å². The first-order valence-electron chi connectivity index (χ1n) is 11.2. The lowest BCUT2D eigenvalue weighted by Gasteiger charge is -2.29. The lowest BCUT2D eigenvalue weighted by molar-refractivity contribution is -0.145. The third kappa shape index (κ3) is 6.66. The molecule has 2 amide bonds. The average Bonchev–Trinajstić information content (AvgIpc) is 3.13. The molecule has 0 aliphatic carbocycles. The number of alkyl halides is 3. The maximum Gasteiger partial charge on any atom is 0.405 e. The number of primary amides is 1. The molecule has 8 nitrogen and oxygen atoms in total. The van der Waals surface area contributed by atoms with E-state index in [0.717, 1.165) is 6.07 Å². The van der Waals surface area contributed by atoms with Gasteiger partial charge in [0.1, 0.15) is 23.7 Å². The fourth-order valence-electron chi connectivity index (χ4n) is 3.76. The summed E-state index contributed by atoms with van der Waals surface area (Å²) in [4.78, 5) is 28.6. The lowest BCUT2D eigenvalue weighted by atomic mass is 9.99. The minimum absolute atomic E-state index is 0.0195. The molecule has 0 saturated carbocycles. The van der Waals surface area contributed by atoms with Crippen molar-refractivity contribution in [3.05, 3.63) is 64.4 Å². The zero-order valence-corrected chi connectivity index (χ0v) is 20.5. The second-order valence-corrected chi connectivity index (χ2v) is 8.90. The Bertz CT molecular complexity index is 1370. The number of halogens is 6. The number of ether oxygens (including phenoxy) is 2. The van der Waals surface area contributed by atoms with Gasteiger partial charge in [-0.15, -0.1) is 0 Å². The molecule has 0 radical (unpaired) electrons. The normalized spacial score (nSPS) is 13.3. The van der Waals surface area contributed by atoms with Crippen LogP contribution in [0, 0.1) is 31.3 Å². The van der Waals surface area contributed by atoms with Crippen LogP contribution < -0.4 is 15.8 Å². The van der Waals surface area contributed by atoms with Crippen molar-refractivity contribution >= 4 is 17.6 Å². The van der Waals surface area contributed by atoms with Crippen LogP contribution in [0.4, 0.5) is 31.1 Å². The molecule has 3 aromatic rings. The molecule has 3 N–H and O–H groups in total. The number of rotatable bonds is 9. The topological polar surface area (TPSA) is 108 Å².